The van der Waals surface area contributed by atoms with Crippen molar-refractivity contribution in [2.24, 2.45) is 10.8 Å². The van der Waals surface area contributed by atoms with Crippen LogP contribution in [0.4, 0.5) is 0 Å². The van der Waals surface area contributed by atoms with Gasteiger partial charge in [0, 0.05) is 6.54 Å². The van der Waals surface area contributed by atoms with Crippen molar-refractivity contribution in [2.45, 2.75) is 60.9 Å². The van der Waals surface area contributed by atoms with Gasteiger partial charge in [-0.1, -0.05) is 34.6 Å². The number of ether oxygens (including phenoxy) is 1. The molecule has 0 atom stereocenters. The molecule has 3 nitrogen and oxygen atoms in total. The zero-order valence-electron chi connectivity index (χ0n) is 12.7. The van der Waals surface area contributed by atoms with E-state index in [1.54, 1.807) is 0 Å². The Kier molecular flexibility index (Phi) is 5.20. The van der Waals surface area contributed by atoms with E-state index in [-0.39, 0.29) is 16.8 Å². The molecule has 0 spiro atoms. The highest BCUT2D eigenvalue weighted by molar-refractivity contribution is 5.79. The molecule has 102 valence electrons. The Morgan fingerprint density at radius 3 is 1.88 bits per heavy atom. The van der Waals surface area contributed by atoms with E-state index in [0.717, 1.165) is 6.54 Å². The molecule has 0 fully saturated rings. The lowest BCUT2D eigenvalue weighted by Crippen LogP contribution is -2.52. The molecular weight excluding hydrogens is 214 g/mol. The Bertz CT molecular complexity index is 262. The third-order valence-electron chi connectivity index (χ3n) is 3.79. The minimum Gasteiger partial charge on any atom is -0.465 e. The molecule has 3 heteroatoms. The minimum absolute atomic E-state index is 0.108. The zero-order valence-corrected chi connectivity index (χ0v) is 12.7. The van der Waals surface area contributed by atoms with Crippen molar-refractivity contribution >= 4 is 5.97 Å². The molecule has 0 aromatic carbocycles. The van der Waals surface area contributed by atoms with E-state index in [4.69, 9.17) is 4.74 Å². The monoisotopic (exact) mass is 243 g/mol. The molecular formula is C14H29NO2. The van der Waals surface area contributed by atoms with Gasteiger partial charge in [0.2, 0.25) is 0 Å². The highest BCUT2D eigenvalue weighted by atomic mass is 16.5. The van der Waals surface area contributed by atoms with Gasteiger partial charge in [-0.2, -0.15) is 0 Å². The summed E-state index contributed by atoms with van der Waals surface area (Å²) in [5, 5.41) is 3.32. The van der Waals surface area contributed by atoms with Crippen LogP contribution in [0.15, 0.2) is 0 Å². The Morgan fingerprint density at radius 1 is 1.06 bits per heavy atom. The average molecular weight is 243 g/mol. The lowest BCUT2D eigenvalue weighted by molar-refractivity contribution is -0.150. The summed E-state index contributed by atoms with van der Waals surface area (Å²) >= 11 is 0. The van der Waals surface area contributed by atoms with Gasteiger partial charge in [-0.3, -0.25) is 4.79 Å². The third kappa shape index (κ3) is 4.66. The number of esters is 1. The van der Waals surface area contributed by atoms with Gasteiger partial charge < -0.3 is 10.1 Å². The van der Waals surface area contributed by atoms with Gasteiger partial charge in [-0.05, 0) is 31.6 Å². The van der Waals surface area contributed by atoms with E-state index in [2.05, 4.69) is 39.9 Å². The van der Waals surface area contributed by atoms with Crippen LogP contribution in [0.1, 0.15) is 55.4 Å². The van der Waals surface area contributed by atoms with Crippen molar-refractivity contribution in [3.05, 3.63) is 0 Å². The van der Waals surface area contributed by atoms with Crippen molar-refractivity contribution in [3.8, 4) is 0 Å². The van der Waals surface area contributed by atoms with Crippen LogP contribution >= 0.6 is 0 Å². The molecule has 0 aliphatic heterocycles. The van der Waals surface area contributed by atoms with E-state index in [9.17, 15) is 4.79 Å². The summed E-state index contributed by atoms with van der Waals surface area (Å²) < 4.78 is 5.06. The molecule has 0 aromatic heterocycles. The third-order valence-corrected chi connectivity index (χ3v) is 3.79. The summed E-state index contributed by atoms with van der Waals surface area (Å²) in [6.45, 7) is 17.8. The predicted molar refractivity (Wildman–Crippen MR) is 72.0 cm³/mol. The van der Waals surface area contributed by atoms with E-state index < -0.39 is 5.54 Å². The highest BCUT2D eigenvalue weighted by Gasteiger charge is 2.36. The maximum atomic E-state index is 11.7. The molecule has 0 aliphatic carbocycles. The molecule has 1 N–H and O–H groups in total. The first-order chi connectivity index (χ1) is 7.44. The van der Waals surface area contributed by atoms with Gasteiger partial charge in [-0.25, -0.2) is 0 Å². The quantitative estimate of drug-likeness (QED) is 0.754. The number of hydrogen-bond acceptors (Lipinski definition) is 3. The van der Waals surface area contributed by atoms with E-state index in [1.807, 2.05) is 20.8 Å². The first kappa shape index (κ1) is 16.4. The fourth-order valence-electron chi connectivity index (χ4n) is 1.09. The Morgan fingerprint density at radius 2 is 1.53 bits per heavy atom. The van der Waals surface area contributed by atoms with E-state index in [0.29, 0.717) is 6.61 Å². The molecule has 17 heavy (non-hydrogen) atoms. The zero-order chi connectivity index (χ0) is 13.9. The van der Waals surface area contributed by atoms with Crippen LogP contribution in [-0.4, -0.2) is 24.7 Å². The molecule has 0 saturated carbocycles. The summed E-state index contributed by atoms with van der Waals surface area (Å²) in [6, 6.07) is 0. The van der Waals surface area contributed by atoms with Gasteiger partial charge in [0.15, 0.2) is 0 Å². The predicted octanol–water partition coefficient (Wildman–Crippen LogP) is 2.99. The van der Waals surface area contributed by atoms with Gasteiger partial charge in [0.25, 0.3) is 0 Å². The van der Waals surface area contributed by atoms with Crippen LogP contribution in [-0.2, 0) is 9.53 Å². The average Bonchev–Trinajstić information content (AvgIpc) is 2.14. The summed E-state index contributed by atoms with van der Waals surface area (Å²) in [5.41, 5.74) is -0.333. The van der Waals surface area contributed by atoms with Crippen molar-refractivity contribution in [1.82, 2.24) is 5.32 Å². The lowest BCUT2D eigenvalue weighted by Gasteiger charge is -2.41. The van der Waals surface area contributed by atoms with Crippen LogP contribution in [0.25, 0.3) is 0 Å². The Labute approximate surface area is 106 Å². The molecule has 0 unspecified atom stereocenters. The smallest absolute Gasteiger partial charge is 0.325 e. The SMILES string of the molecule is CCOC(=O)C(C)(C)NCC(C)(C)C(C)(C)C. The molecule has 0 radical (unpaired) electrons. The van der Waals surface area contributed by atoms with Crippen molar-refractivity contribution < 1.29 is 9.53 Å². The maximum absolute atomic E-state index is 11.7. The largest absolute Gasteiger partial charge is 0.465 e. The van der Waals surface area contributed by atoms with Crippen LogP contribution in [0.5, 0.6) is 0 Å². The molecule has 0 amide bonds. The van der Waals surface area contributed by atoms with E-state index >= 15 is 0 Å². The summed E-state index contributed by atoms with van der Waals surface area (Å²) in [7, 11) is 0. The standard InChI is InChI=1S/C14H29NO2/c1-9-17-11(16)14(7,8)15-10-13(5,6)12(2,3)4/h15H,9-10H2,1-8H3. The summed E-state index contributed by atoms with van der Waals surface area (Å²) in [5.74, 6) is -0.190. The fourth-order valence-corrected chi connectivity index (χ4v) is 1.09. The second-order valence-corrected chi connectivity index (χ2v) is 6.83. The summed E-state index contributed by atoms with van der Waals surface area (Å²) in [6.07, 6.45) is 0. The lowest BCUT2D eigenvalue weighted by atomic mass is 9.69. The fraction of sp³-hybridized carbons (Fsp3) is 0.929. The second-order valence-electron chi connectivity index (χ2n) is 6.83. The highest BCUT2D eigenvalue weighted by Crippen LogP contribution is 2.37. The van der Waals surface area contributed by atoms with Crippen LogP contribution < -0.4 is 5.32 Å². The Hall–Kier alpha value is -0.570. The minimum atomic E-state index is -0.626. The second kappa shape index (κ2) is 5.38. The normalized spacial score (nSPS) is 13.6. The number of carbonyl (C=O) groups is 1. The van der Waals surface area contributed by atoms with Crippen LogP contribution in [0.3, 0.4) is 0 Å². The number of nitrogens with one attached hydrogen (secondary N) is 1. The molecule has 0 aliphatic rings. The molecule has 0 bridgehead atoms. The Balaban J connectivity index is 4.51. The van der Waals surface area contributed by atoms with Crippen LogP contribution in [0.2, 0.25) is 0 Å². The number of rotatable bonds is 5. The molecule has 0 saturated heterocycles. The van der Waals surface area contributed by atoms with Gasteiger partial charge in [-0.15, -0.1) is 0 Å². The van der Waals surface area contributed by atoms with E-state index in [1.165, 1.54) is 0 Å². The molecule has 0 rings (SSSR count). The van der Waals surface area contributed by atoms with Gasteiger partial charge >= 0.3 is 5.97 Å². The van der Waals surface area contributed by atoms with Gasteiger partial charge in [0.05, 0.1) is 6.61 Å². The van der Waals surface area contributed by atoms with Gasteiger partial charge in [0.1, 0.15) is 5.54 Å². The van der Waals surface area contributed by atoms with Crippen molar-refractivity contribution in [3.63, 3.8) is 0 Å². The number of carbonyl (C=O) groups excluding carboxylic acids is 1. The topological polar surface area (TPSA) is 38.3 Å². The van der Waals surface area contributed by atoms with Crippen molar-refractivity contribution in [2.75, 3.05) is 13.2 Å². The summed E-state index contributed by atoms with van der Waals surface area (Å²) in [4.78, 5) is 11.7. The first-order valence-corrected chi connectivity index (χ1v) is 6.36. The first-order valence-electron chi connectivity index (χ1n) is 6.36. The van der Waals surface area contributed by atoms with Crippen molar-refractivity contribution in [1.29, 1.82) is 0 Å². The van der Waals surface area contributed by atoms with Crippen LogP contribution in [0, 0.1) is 10.8 Å². The number of hydrogen-bond donors (Lipinski definition) is 1. The molecule has 0 heterocycles. The molecule has 0 aromatic rings. The maximum Gasteiger partial charge on any atom is 0.325 e.